The van der Waals surface area contributed by atoms with Gasteiger partial charge in [0.25, 0.3) is 0 Å². The molecule has 2 aromatic heterocycles. The van der Waals surface area contributed by atoms with Crippen LogP contribution in [0.15, 0.2) is 43.0 Å². The molecule has 0 fully saturated rings. The average Bonchev–Trinajstić information content (AvgIpc) is 3.16. The van der Waals surface area contributed by atoms with E-state index in [2.05, 4.69) is 20.2 Å². The minimum absolute atomic E-state index is 0.266. The molecule has 0 bridgehead atoms. The Labute approximate surface area is 127 Å². The predicted octanol–water partition coefficient (Wildman–Crippen LogP) is 2.35. The van der Waals surface area contributed by atoms with Gasteiger partial charge in [-0.25, -0.2) is 14.8 Å². The van der Waals surface area contributed by atoms with Gasteiger partial charge in [-0.05, 0) is 0 Å². The van der Waals surface area contributed by atoms with Gasteiger partial charge >= 0.3 is 6.03 Å². The summed E-state index contributed by atoms with van der Waals surface area (Å²) in [4.78, 5) is 20.9. The molecule has 0 radical (unpaired) electrons. The molecule has 0 aliphatic carbocycles. The molecule has 0 spiro atoms. The Morgan fingerprint density at radius 2 is 1.86 bits per heavy atom. The summed E-state index contributed by atoms with van der Waals surface area (Å²) in [5.74, 6) is 1.09. The molecule has 0 unspecified atom stereocenters. The number of hydrogen-bond acceptors (Lipinski definition) is 5. The molecular weight excluding hydrogens is 280 g/mol. The zero-order valence-electron chi connectivity index (χ0n) is 12.6. The van der Waals surface area contributed by atoms with E-state index in [4.69, 9.17) is 0 Å². The van der Waals surface area contributed by atoms with E-state index >= 15 is 0 Å². The largest absolute Gasteiger partial charge is 0.372 e. The normalized spacial score (nSPS) is 11.6. The summed E-state index contributed by atoms with van der Waals surface area (Å²) >= 11 is 0. The number of hydrogen-bond donors (Lipinski definition) is 0. The van der Waals surface area contributed by atoms with Crippen molar-refractivity contribution < 1.29 is 4.79 Å². The van der Waals surface area contributed by atoms with Crippen molar-refractivity contribution >= 4 is 6.03 Å². The minimum atomic E-state index is -0.417. The first-order valence-corrected chi connectivity index (χ1v) is 6.89. The van der Waals surface area contributed by atoms with Crippen molar-refractivity contribution in [3.8, 4) is 11.4 Å². The van der Waals surface area contributed by atoms with Crippen LogP contribution in [-0.2, 0) is 5.41 Å². The molecule has 3 rings (SSSR count). The van der Waals surface area contributed by atoms with E-state index in [9.17, 15) is 4.79 Å². The van der Waals surface area contributed by atoms with Crippen LogP contribution in [-0.4, -0.2) is 35.6 Å². The van der Waals surface area contributed by atoms with Gasteiger partial charge in [-0.3, -0.25) is 0 Å². The topological polar surface area (TPSA) is 78.5 Å². The zero-order chi connectivity index (χ0) is 15.7. The lowest BCUT2D eigenvalue weighted by atomic mass is 9.96. The molecule has 3 aromatic rings. The quantitative estimate of drug-likeness (QED) is 0.688. The minimum Gasteiger partial charge on any atom is -0.243 e. The Balaban J connectivity index is 2.16. The lowest BCUT2D eigenvalue weighted by Gasteiger charge is -2.12. The number of benzene rings is 1. The third-order valence-corrected chi connectivity index (χ3v) is 3.11. The Morgan fingerprint density at radius 3 is 2.45 bits per heavy atom. The summed E-state index contributed by atoms with van der Waals surface area (Å²) in [6.45, 7) is 6.00. The molecule has 7 heteroatoms. The average molecular weight is 296 g/mol. The van der Waals surface area contributed by atoms with E-state index in [-0.39, 0.29) is 5.41 Å². The fraction of sp³-hybridized carbons (Fsp3) is 0.267. The number of rotatable bonds is 1. The zero-order valence-corrected chi connectivity index (χ0v) is 12.6. The maximum atomic E-state index is 12.6. The van der Waals surface area contributed by atoms with Crippen LogP contribution in [0.25, 0.3) is 11.4 Å². The fourth-order valence-corrected chi connectivity index (χ4v) is 1.94. The van der Waals surface area contributed by atoms with Gasteiger partial charge in [0.05, 0.1) is 0 Å². The van der Waals surface area contributed by atoms with Crippen molar-refractivity contribution in [1.82, 2.24) is 29.5 Å². The van der Waals surface area contributed by atoms with E-state index in [1.54, 1.807) is 0 Å². The Morgan fingerprint density at radius 1 is 1.14 bits per heavy atom. The van der Waals surface area contributed by atoms with Gasteiger partial charge in [0.1, 0.15) is 12.7 Å². The van der Waals surface area contributed by atoms with E-state index in [0.717, 1.165) is 10.2 Å². The highest BCUT2D eigenvalue weighted by Gasteiger charge is 2.25. The second-order valence-electron chi connectivity index (χ2n) is 5.91. The second-order valence-corrected chi connectivity index (χ2v) is 5.91. The van der Waals surface area contributed by atoms with Gasteiger partial charge in [-0.2, -0.15) is 14.5 Å². The van der Waals surface area contributed by atoms with Crippen LogP contribution < -0.4 is 0 Å². The van der Waals surface area contributed by atoms with Gasteiger partial charge in [0.2, 0.25) is 0 Å². The molecule has 0 amide bonds. The van der Waals surface area contributed by atoms with Crippen LogP contribution in [0, 0.1) is 0 Å². The maximum absolute atomic E-state index is 12.6. The first-order valence-electron chi connectivity index (χ1n) is 6.89. The first-order chi connectivity index (χ1) is 10.5. The molecule has 2 heterocycles. The van der Waals surface area contributed by atoms with Crippen molar-refractivity contribution in [3.05, 3.63) is 48.8 Å². The molecule has 112 valence electrons. The summed E-state index contributed by atoms with van der Waals surface area (Å²) in [6.07, 6.45) is 2.65. The molecule has 0 aliphatic rings. The van der Waals surface area contributed by atoms with Crippen LogP contribution in [0.5, 0.6) is 0 Å². The van der Waals surface area contributed by atoms with Crippen LogP contribution in [0.1, 0.15) is 26.6 Å². The monoisotopic (exact) mass is 296 g/mol. The number of carbonyl (C=O) groups is 1. The van der Waals surface area contributed by atoms with Crippen LogP contribution >= 0.6 is 0 Å². The van der Waals surface area contributed by atoms with Crippen molar-refractivity contribution in [2.24, 2.45) is 0 Å². The van der Waals surface area contributed by atoms with E-state index in [1.165, 1.54) is 17.3 Å². The van der Waals surface area contributed by atoms with Crippen molar-refractivity contribution in [3.63, 3.8) is 0 Å². The lowest BCUT2D eigenvalue weighted by Crippen LogP contribution is -2.23. The fourth-order valence-electron chi connectivity index (χ4n) is 1.94. The second kappa shape index (κ2) is 5.18. The highest BCUT2D eigenvalue weighted by Crippen LogP contribution is 2.23. The van der Waals surface area contributed by atoms with Gasteiger partial charge < -0.3 is 0 Å². The summed E-state index contributed by atoms with van der Waals surface area (Å²) in [5, 5.41) is 8.25. The lowest BCUT2D eigenvalue weighted by molar-refractivity contribution is 0.238. The molecule has 0 saturated carbocycles. The molecule has 1 aromatic carbocycles. The molecule has 0 N–H and O–H groups in total. The first kappa shape index (κ1) is 14.1. The Kier molecular flexibility index (Phi) is 3.32. The highest BCUT2D eigenvalue weighted by molar-refractivity contribution is 5.81. The number of nitrogens with zero attached hydrogens (tertiary/aromatic N) is 6. The van der Waals surface area contributed by atoms with Crippen LogP contribution in [0.4, 0.5) is 4.79 Å². The van der Waals surface area contributed by atoms with Crippen molar-refractivity contribution in [2.75, 3.05) is 0 Å². The molecular formula is C15H16N6O. The van der Waals surface area contributed by atoms with Crippen molar-refractivity contribution in [2.45, 2.75) is 26.2 Å². The maximum Gasteiger partial charge on any atom is 0.372 e. The van der Waals surface area contributed by atoms with Crippen molar-refractivity contribution in [1.29, 1.82) is 0 Å². The SMILES string of the molecule is CC(C)(C)c1nc(-c2ccccc2)n(C(=O)n2cncn2)n1. The highest BCUT2D eigenvalue weighted by atomic mass is 16.2. The number of carbonyl (C=O) groups excluding carboxylic acids is 1. The van der Waals surface area contributed by atoms with Gasteiger partial charge in [0.15, 0.2) is 11.6 Å². The van der Waals surface area contributed by atoms with E-state index in [0.29, 0.717) is 11.6 Å². The summed E-state index contributed by atoms with van der Waals surface area (Å²) < 4.78 is 2.40. The van der Waals surface area contributed by atoms with Gasteiger partial charge in [-0.1, -0.05) is 51.1 Å². The summed E-state index contributed by atoms with van der Waals surface area (Å²) in [5.41, 5.74) is 0.552. The third-order valence-electron chi connectivity index (χ3n) is 3.11. The van der Waals surface area contributed by atoms with Gasteiger partial charge in [0, 0.05) is 11.0 Å². The van der Waals surface area contributed by atoms with Crippen LogP contribution in [0.3, 0.4) is 0 Å². The van der Waals surface area contributed by atoms with E-state index < -0.39 is 6.03 Å². The molecule has 7 nitrogen and oxygen atoms in total. The van der Waals surface area contributed by atoms with Gasteiger partial charge in [-0.15, -0.1) is 5.10 Å². The summed E-state index contributed by atoms with van der Waals surface area (Å²) in [7, 11) is 0. The molecule has 0 saturated heterocycles. The smallest absolute Gasteiger partial charge is 0.243 e. The Hall–Kier alpha value is -2.83. The predicted molar refractivity (Wildman–Crippen MR) is 80.4 cm³/mol. The van der Waals surface area contributed by atoms with Crippen LogP contribution in [0.2, 0.25) is 0 Å². The van der Waals surface area contributed by atoms with E-state index in [1.807, 2.05) is 51.1 Å². The third kappa shape index (κ3) is 2.52. The molecule has 22 heavy (non-hydrogen) atoms. The standard InChI is InChI=1S/C15H16N6O/c1-15(2,3)13-18-12(11-7-5-4-6-8-11)21(19-13)14(22)20-10-16-9-17-20/h4-10H,1-3H3. The number of aromatic nitrogens is 6. The molecule has 0 atom stereocenters. The summed E-state index contributed by atoms with van der Waals surface area (Å²) in [6, 6.07) is 9.06. The molecule has 0 aliphatic heterocycles. The Bertz CT molecular complexity index is 783.